The third-order valence-electron chi connectivity index (χ3n) is 3.47. The molecular formula is C15H14BrN3S. The van der Waals surface area contributed by atoms with Gasteiger partial charge in [0.25, 0.3) is 0 Å². The maximum Gasteiger partial charge on any atom is 0.179 e. The van der Waals surface area contributed by atoms with Crippen molar-refractivity contribution in [1.29, 1.82) is 0 Å². The van der Waals surface area contributed by atoms with Gasteiger partial charge in [0, 0.05) is 10.7 Å². The molecule has 20 heavy (non-hydrogen) atoms. The molecule has 0 saturated carbocycles. The standard InChI is InChI=1S/C15H14BrN3S/c1-9-3-5-11(6-4-9)10(2)19-14-13(18-15(19)20)7-12(16)8-17-14/h3-8,10H,1-2H3,(H,18,20). The van der Waals surface area contributed by atoms with Gasteiger partial charge in [0.15, 0.2) is 10.4 Å². The second-order valence-corrected chi connectivity index (χ2v) is 6.21. The summed E-state index contributed by atoms with van der Waals surface area (Å²) in [5, 5.41) is 0. The first-order valence-corrected chi connectivity index (χ1v) is 7.58. The lowest BCUT2D eigenvalue weighted by molar-refractivity contribution is 0.644. The molecule has 0 saturated heterocycles. The lowest BCUT2D eigenvalue weighted by Gasteiger charge is -2.14. The van der Waals surface area contributed by atoms with E-state index in [-0.39, 0.29) is 6.04 Å². The van der Waals surface area contributed by atoms with Gasteiger partial charge in [0.2, 0.25) is 0 Å². The Balaban J connectivity index is 2.16. The molecule has 1 atom stereocenters. The van der Waals surface area contributed by atoms with Gasteiger partial charge in [0.05, 0.1) is 11.6 Å². The lowest BCUT2D eigenvalue weighted by atomic mass is 10.1. The Morgan fingerprint density at radius 1 is 1.30 bits per heavy atom. The average Bonchev–Trinajstić information content (AvgIpc) is 2.73. The van der Waals surface area contributed by atoms with Crippen LogP contribution in [0.25, 0.3) is 11.2 Å². The maximum absolute atomic E-state index is 5.45. The fraction of sp³-hybridized carbons (Fsp3) is 0.200. The van der Waals surface area contributed by atoms with Crippen molar-refractivity contribution in [1.82, 2.24) is 14.5 Å². The van der Waals surface area contributed by atoms with Crippen LogP contribution in [-0.2, 0) is 0 Å². The smallest absolute Gasteiger partial charge is 0.179 e. The first-order chi connectivity index (χ1) is 9.56. The Bertz CT molecular complexity index is 817. The molecule has 5 heteroatoms. The van der Waals surface area contributed by atoms with E-state index in [0.29, 0.717) is 4.77 Å². The molecule has 0 radical (unpaired) electrons. The molecule has 1 N–H and O–H groups in total. The number of H-pyrrole nitrogens is 1. The minimum atomic E-state index is 0.144. The van der Waals surface area contributed by atoms with E-state index in [1.165, 1.54) is 11.1 Å². The number of nitrogens with zero attached hydrogens (tertiary/aromatic N) is 2. The number of halogens is 1. The van der Waals surface area contributed by atoms with Crippen molar-refractivity contribution in [3.05, 3.63) is 56.9 Å². The third kappa shape index (κ3) is 2.31. The van der Waals surface area contributed by atoms with Gasteiger partial charge in [-0.15, -0.1) is 0 Å². The van der Waals surface area contributed by atoms with Crippen LogP contribution in [-0.4, -0.2) is 14.5 Å². The van der Waals surface area contributed by atoms with Crippen LogP contribution in [0.15, 0.2) is 41.0 Å². The number of aryl methyl sites for hydroxylation is 1. The van der Waals surface area contributed by atoms with Crippen LogP contribution in [0, 0.1) is 11.7 Å². The van der Waals surface area contributed by atoms with Crippen molar-refractivity contribution in [2.75, 3.05) is 0 Å². The van der Waals surface area contributed by atoms with E-state index in [9.17, 15) is 0 Å². The molecule has 0 aliphatic heterocycles. The zero-order valence-electron chi connectivity index (χ0n) is 11.2. The summed E-state index contributed by atoms with van der Waals surface area (Å²) in [6.07, 6.45) is 1.79. The molecule has 1 aromatic carbocycles. The summed E-state index contributed by atoms with van der Waals surface area (Å²) in [6, 6.07) is 10.7. The number of hydrogen-bond donors (Lipinski definition) is 1. The van der Waals surface area contributed by atoms with Crippen LogP contribution in [0.3, 0.4) is 0 Å². The van der Waals surface area contributed by atoms with Crippen molar-refractivity contribution >= 4 is 39.3 Å². The van der Waals surface area contributed by atoms with Gasteiger partial charge < -0.3 is 4.98 Å². The Morgan fingerprint density at radius 3 is 2.70 bits per heavy atom. The minimum Gasteiger partial charge on any atom is -0.329 e. The summed E-state index contributed by atoms with van der Waals surface area (Å²) in [6.45, 7) is 4.22. The van der Waals surface area contributed by atoms with Gasteiger partial charge in [-0.3, -0.25) is 4.57 Å². The van der Waals surface area contributed by atoms with Crippen LogP contribution in [0.4, 0.5) is 0 Å². The quantitative estimate of drug-likeness (QED) is 0.677. The Labute approximate surface area is 130 Å². The molecule has 3 nitrogen and oxygen atoms in total. The van der Waals surface area contributed by atoms with E-state index in [1.807, 2.05) is 6.07 Å². The largest absolute Gasteiger partial charge is 0.329 e. The molecule has 0 amide bonds. The number of fused-ring (bicyclic) bond motifs is 1. The van der Waals surface area contributed by atoms with Crippen molar-refractivity contribution in [2.24, 2.45) is 0 Å². The highest BCUT2D eigenvalue weighted by atomic mass is 79.9. The van der Waals surface area contributed by atoms with Gasteiger partial charge in [-0.05, 0) is 53.6 Å². The average molecular weight is 348 g/mol. The van der Waals surface area contributed by atoms with Crippen LogP contribution in [0.2, 0.25) is 0 Å². The van der Waals surface area contributed by atoms with Crippen molar-refractivity contribution in [3.63, 3.8) is 0 Å². The molecule has 3 rings (SSSR count). The number of imidazole rings is 1. The van der Waals surface area contributed by atoms with Crippen LogP contribution in [0.1, 0.15) is 24.1 Å². The summed E-state index contributed by atoms with van der Waals surface area (Å²) in [5.41, 5.74) is 4.30. The number of hydrogen-bond acceptors (Lipinski definition) is 2. The fourth-order valence-electron chi connectivity index (χ4n) is 2.34. The molecule has 2 aromatic heterocycles. The number of aromatic amines is 1. The predicted molar refractivity (Wildman–Crippen MR) is 87.6 cm³/mol. The van der Waals surface area contributed by atoms with Crippen molar-refractivity contribution in [2.45, 2.75) is 19.9 Å². The summed E-state index contributed by atoms with van der Waals surface area (Å²) >= 11 is 8.88. The first kappa shape index (κ1) is 13.5. The highest BCUT2D eigenvalue weighted by Gasteiger charge is 2.14. The molecule has 0 aliphatic rings. The van der Waals surface area contributed by atoms with Crippen molar-refractivity contribution in [3.8, 4) is 0 Å². The molecule has 2 heterocycles. The predicted octanol–water partition coefficient (Wildman–Crippen LogP) is 4.77. The van der Waals surface area contributed by atoms with E-state index in [0.717, 1.165) is 15.6 Å². The van der Waals surface area contributed by atoms with Gasteiger partial charge >= 0.3 is 0 Å². The Kier molecular flexibility index (Phi) is 3.48. The number of pyridine rings is 1. The summed E-state index contributed by atoms with van der Waals surface area (Å²) < 4.78 is 3.69. The molecule has 3 aromatic rings. The molecule has 0 bridgehead atoms. The number of nitrogens with one attached hydrogen (secondary N) is 1. The highest BCUT2D eigenvalue weighted by Crippen LogP contribution is 2.24. The van der Waals surface area contributed by atoms with E-state index < -0.39 is 0 Å². The van der Waals surface area contributed by atoms with E-state index in [2.05, 4.69) is 68.6 Å². The number of benzene rings is 1. The normalized spacial score (nSPS) is 12.8. The topological polar surface area (TPSA) is 33.6 Å². The monoisotopic (exact) mass is 347 g/mol. The first-order valence-electron chi connectivity index (χ1n) is 6.38. The molecule has 1 unspecified atom stereocenters. The summed E-state index contributed by atoms with van der Waals surface area (Å²) in [5.74, 6) is 0. The van der Waals surface area contributed by atoms with Crippen LogP contribution >= 0.6 is 28.1 Å². The van der Waals surface area contributed by atoms with Gasteiger partial charge in [-0.25, -0.2) is 4.98 Å². The van der Waals surface area contributed by atoms with Crippen LogP contribution < -0.4 is 0 Å². The molecule has 0 fully saturated rings. The van der Waals surface area contributed by atoms with Crippen LogP contribution in [0.5, 0.6) is 0 Å². The SMILES string of the molecule is Cc1ccc(C(C)n2c(=S)[nH]c3cc(Br)cnc32)cc1. The molecule has 0 spiro atoms. The number of aromatic nitrogens is 3. The third-order valence-corrected chi connectivity index (χ3v) is 4.20. The molecular weight excluding hydrogens is 334 g/mol. The second-order valence-electron chi connectivity index (χ2n) is 4.91. The highest BCUT2D eigenvalue weighted by molar-refractivity contribution is 9.10. The van der Waals surface area contributed by atoms with Gasteiger partial charge in [-0.1, -0.05) is 29.8 Å². The van der Waals surface area contributed by atoms with E-state index >= 15 is 0 Å². The molecule has 0 aliphatic carbocycles. The maximum atomic E-state index is 5.45. The van der Waals surface area contributed by atoms with Gasteiger partial charge in [-0.2, -0.15) is 0 Å². The van der Waals surface area contributed by atoms with E-state index in [4.69, 9.17) is 12.2 Å². The Hall–Kier alpha value is -1.46. The summed E-state index contributed by atoms with van der Waals surface area (Å²) in [7, 11) is 0. The van der Waals surface area contributed by atoms with Gasteiger partial charge in [0.1, 0.15) is 0 Å². The molecule has 102 valence electrons. The zero-order chi connectivity index (χ0) is 14.3. The van der Waals surface area contributed by atoms with Crippen molar-refractivity contribution < 1.29 is 0 Å². The van der Waals surface area contributed by atoms with E-state index in [1.54, 1.807) is 6.20 Å². The lowest BCUT2D eigenvalue weighted by Crippen LogP contribution is -2.07. The second kappa shape index (κ2) is 5.14. The Morgan fingerprint density at radius 2 is 2.00 bits per heavy atom. The summed E-state index contributed by atoms with van der Waals surface area (Å²) in [4.78, 5) is 7.70. The fourth-order valence-corrected chi connectivity index (χ4v) is 3.03. The zero-order valence-corrected chi connectivity index (χ0v) is 13.6. The minimum absolute atomic E-state index is 0.144. The number of rotatable bonds is 2.